The zero-order chi connectivity index (χ0) is 22.8. The van der Waals surface area contributed by atoms with Crippen LogP contribution in [0.25, 0.3) is 11.1 Å². The van der Waals surface area contributed by atoms with Gasteiger partial charge in [-0.15, -0.1) is 0 Å². The maximum atomic E-state index is 14.6. The minimum absolute atomic E-state index is 0.224. The van der Waals surface area contributed by atoms with Gasteiger partial charge in [0, 0.05) is 5.56 Å². The van der Waals surface area contributed by atoms with Gasteiger partial charge in [0.15, 0.2) is 6.29 Å². The van der Waals surface area contributed by atoms with Gasteiger partial charge in [0.25, 0.3) is 0 Å². The summed E-state index contributed by atoms with van der Waals surface area (Å²) in [7, 11) is 0. The molecule has 0 unspecified atom stereocenters. The number of unbranched alkanes of at least 4 members (excludes halogenated alkanes) is 4. The predicted molar refractivity (Wildman–Crippen MR) is 124 cm³/mol. The van der Waals surface area contributed by atoms with E-state index in [1.807, 2.05) is 12.1 Å². The molecular formula is C27H35FO4. The third-order valence-corrected chi connectivity index (χ3v) is 5.83. The lowest BCUT2D eigenvalue weighted by Gasteiger charge is -2.28. The van der Waals surface area contributed by atoms with Crippen LogP contribution in [-0.2, 0) is 20.7 Å². The molecule has 5 heteroatoms. The molecule has 0 aromatic heterocycles. The highest BCUT2D eigenvalue weighted by Gasteiger charge is 2.29. The van der Waals surface area contributed by atoms with Gasteiger partial charge in [-0.05, 0) is 55.0 Å². The summed E-state index contributed by atoms with van der Waals surface area (Å²) in [5.41, 5.74) is 2.32. The molecule has 0 amide bonds. The van der Waals surface area contributed by atoms with Crippen LogP contribution in [0.15, 0.2) is 42.5 Å². The average Bonchev–Trinajstić information content (AvgIpc) is 2.81. The summed E-state index contributed by atoms with van der Waals surface area (Å²) >= 11 is 0. The Morgan fingerprint density at radius 2 is 1.66 bits per heavy atom. The predicted octanol–water partition coefficient (Wildman–Crippen LogP) is 6.70. The van der Waals surface area contributed by atoms with Crippen molar-refractivity contribution in [1.82, 2.24) is 0 Å². The first-order valence-corrected chi connectivity index (χ1v) is 11.9. The fourth-order valence-corrected chi connectivity index (χ4v) is 3.84. The number of ether oxygens (including phenoxy) is 3. The van der Waals surface area contributed by atoms with Crippen LogP contribution in [0.2, 0.25) is 0 Å². The molecule has 174 valence electrons. The Bertz CT molecular complexity index is 841. The zero-order valence-electron chi connectivity index (χ0n) is 19.3. The van der Waals surface area contributed by atoms with Gasteiger partial charge >= 0.3 is 5.97 Å². The first kappa shape index (κ1) is 24.4. The molecule has 1 heterocycles. The zero-order valence-corrected chi connectivity index (χ0v) is 19.3. The first-order chi connectivity index (χ1) is 15.6. The second-order valence-corrected chi connectivity index (χ2v) is 8.51. The number of carbonyl (C=O) groups is 1. The number of benzene rings is 2. The molecule has 1 saturated heterocycles. The minimum atomic E-state index is -0.435. The number of carbonyl (C=O) groups excluding carboxylic acids is 1. The first-order valence-electron chi connectivity index (χ1n) is 11.9. The van der Waals surface area contributed by atoms with Gasteiger partial charge in [0.2, 0.25) is 0 Å². The number of rotatable bonds is 11. The molecule has 2 aromatic rings. The van der Waals surface area contributed by atoms with Crippen molar-refractivity contribution in [3.63, 3.8) is 0 Å². The largest absolute Gasteiger partial charge is 0.426 e. The van der Waals surface area contributed by atoms with Crippen LogP contribution in [0.4, 0.5) is 4.39 Å². The molecule has 1 fully saturated rings. The van der Waals surface area contributed by atoms with Gasteiger partial charge in [0.1, 0.15) is 17.5 Å². The molecule has 0 saturated carbocycles. The molecule has 0 atom stereocenters. The van der Waals surface area contributed by atoms with E-state index in [-0.39, 0.29) is 18.1 Å². The van der Waals surface area contributed by atoms with E-state index in [9.17, 15) is 9.18 Å². The fraction of sp³-hybridized carbons (Fsp3) is 0.519. The molecular weight excluding hydrogens is 407 g/mol. The summed E-state index contributed by atoms with van der Waals surface area (Å²) in [5, 5.41) is 0. The Morgan fingerprint density at radius 1 is 0.969 bits per heavy atom. The Morgan fingerprint density at radius 3 is 2.31 bits per heavy atom. The van der Waals surface area contributed by atoms with E-state index >= 15 is 0 Å². The second-order valence-electron chi connectivity index (χ2n) is 8.51. The number of hydrogen-bond donors (Lipinski definition) is 0. The van der Waals surface area contributed by atoms with Crippen molar-refractivity contribution in [2.75, 3.05) is 13.2 Å². The van der Waals surface area contributed by atoms with Crippen molar-refractivity contribution in [3.05, 3.63) is 53.8 Å². The second kappa shape index (κ2) is 12.7. The van der Waals surface area contributed by atoms with E-state index in [0.29, 0.717) is 24.5 Å². The van der Waals surface area contributed by atoms with Crippen molar-refractivity contribution in [1.29, 1.82) is 0 Å². The summed E-state index contributed by atoms with van der Waals surface area (Å²) in [5.74, 6) is -0.601. The Hall–Kier alpha value is -2.24. The molecule has 0 N–H and O–H groups in total. The SMILES string of the molecule is CCCCCc1ccc(-c2ccc(OC(=O)C3COC(CCCCC)OC3)cc2)c(F)c1. The highest BCUT2D eigenvalue weighted by Crippen LogP contribution is 2.27. The Labute approximate surface area is 191 Å². The van der Waals surface area contributed by atoms with Gasteiger partial charge in [-0.2, -0.15) is 0 Å². The van der Waals surface area contributed by atoms with Crippen LogP contribution < -0.4 is 4.74 Å². The van der Waals surface area contributed by atoms with Crippen LogP contribution in [0, 0.1) is 11.7 Å². The number of hydrogen-bond acceptors (Lipinski definition) is 4. The van der Waals surface area contributed by atoms with E-state index in [1.165, 1.54) is 0 Å². The molecule has 3 rings (SSSR count). The molecule has 0 radical (unpaired) electrons. The number of esters is 1. The smallest absolute Gasteiger partial charge is 0.319 e. The summed E-state index contributed by atoms with van der Waals surface area (Å²) < 4.78 is 31.4. The highest BCUT2D eigenvalue weighted by molar-refractivity contribution is 5.76. The highest BCUT2D eigenvalue weighted by atomic mass is 19.1. The number of halogens is 1. The average molecular weight is 443 g/mol. The third kappa shape index (κ3) is 7.14. The Kier molecular flexibility index (Phi) is 9.69. The van der Waals surface area contributed by atoms with Crippen molar-refractivity contribution >= 4 is 5.97 Å². The van der Waals surface area contributed by atoms with Crippen molar-refractivity contribution in [2.45, 2.75) is 71.5 Å². The molecule has 0 bridgehead atoms. The molecule has 0 aliphatic carbocycles. The summed E-state index contributed by atoms with van der Waals surface area (Å²) in [6.07, 6.45) is 8.27. The third-order valence-electron chi connectivity index (χ3n) is 5.83. The monoisotopic (exact) mass is 442 g/mol. The van der Waals surface area contributed by atoms with E-state index in [0.717, 1.165) is 62.5 Å². The van der Waals surface area contributed by atoms with E-state index in [2.05, 4.69) is 13.8 Å². The van der Waals surface area contributed by atoms with Crippen LogP contribution in [0.3, 0.4) is 0 Å². The van der Waals surface area contributed by atoms with Gasteiger partial charge in [0.05, 0.1) is 13.2 Å². The number of aryl methyl sites for hydroxylation is 1. The van der Waals surface area contributed by atoms with Crippen LogP contribution in [-0.4, -0.2) is 25.5 Å². The van der Waals surface area contributed by atoms with Crippen molar-refractivity contribution in [3.8, 4) is 16.9 Å². The molecule has 32 heavy (non-hydrogen) atoms. The minimum Gasteiger partial charge on any atom is -0.426 e. The molecule has 1 aliphatic rings. The molecule has 2 aromatic carbocycles. The molecule has 4 nitrogen and oxygen atoms in total. The fourth-order valence-electron chi connectivity index (χ4n) is 3.84. The van der Waals surface area contributed by atoms with Crippen molar-refractivity contribution < 1.29 is 23.4 Å². The summed E-state index contributed by atoms with van der Waals surface area (Å²) in [6, 6.07) is 12.4. The maximum Gasteiger partial charge on any atom is 0.319 e. The van der Waals surface area contributed by atoms with E-state index in [4.69, 9.17) is 14.2 Å². The lowest BCUT2D eigenvalue weighted by atomic mass is 10.0. The van der Waals surface area contributed by atoms with Crippen molar-refractivity contribution in [2.24, 2.45) is 5.92 Å². The van der Waals surface area contributed by atoms with Crippen LogP contribution in [0.1, 0.15) is 64.4 Å². The molecule has 1 aliphatic heterocycles. The molecule has 0 spiro atoms. The van der Waals surface area contributed by atoms with Gasteiger partial charge in [-0.25, -0.2) is 4.39 Å². The maximum absolute atomic E-state index is 14.6. The summed E-state index contributed by atoms with van der Waals surface area (Å²) in [6.45, 7) is 4.93. The summed E-state index contributed by atoms with van der Waals surface area (Å²) in [4.78, 5) is 12.4. The lowest BCUT2D eigenvalue weighted by molar-refractivity contribution is -0.208. The Balaban J connectivity index is 1.51. The van der Waals surface area contributed by atoms with E-state index < -0.39 is 5.92 Å². The topological polar surface area (TPSA) is 44.8 Å². The quantitative estimate of drug-likeness (QED) is 0.221. The van der Waals surface area contributed by atoms with Crippen LogP contribution in [0.5, 0.6) is 5.75 Å². The van der Waals surface area contributed by atoms with E-state index in [1.54, 1.807) is 30.3 Å². The van der Waals surface area contributed by atoms with Gasteiger partial charge < -0.3 is 14.2 Å². The normalized spacial score (nSPS) is 18.5. The van der Waals surface area contributed by atoms with Gasteiger partial charge in [-0.1, -0.05) is 63.8 Å². The van der Waals surface area contributed by atoms with Gasteiger partial charge in [-0.3, -0.25) is 4.79 Å². The lowest BCUT2D eigenvalue weighted by Crippen LogP contribution is -2.38. The standard InChI is InChI=1S/C27H35FO4/c1-3-5-7-9-20-11-16-24(25(28)17-20)21-12-14-23(15-13-21)32-27(29)22-18-30-26(31-19-22)10-8-6-4-2/h11-17,22,26H,3-10,18-19H2,1-2H3. The van der Waals surface area contributed by atoms with Crippen LogP contribution >= 0.6 is 0 Å².